The number of pyridine rings is 1. The van der Waals surface area contributed by atoms with Gasteiger partial charge in [0.15, 0.2) is 0 Å². The molecular formula is C12H16N2O4. The molecule has 2 heterocycles. The third kappa shape index (κ3) is 2.24. The van der Waals surface area contributed by atoms with E-state index in [1.165, 1.54) is 14.2 Å². The Bertz CT molecular complexity index is 450. The summed E-state index contributed by atoms with van der Waals surface area (Å²) in [6, 6.07) is 3.42. The molecule has 0 spiro atoms. The topological polar surface area (TPSA) is 71.9 Å². The fraction of sp³-hybridized carbons (Fsp3) is 0.500. The first kappa shape index (κ1) is 12.6. The van der Waals surface area contributed by atoms with Gasteiger partial charge in [0.1, 0.15) is 5.69 Å². The molecule has 1 amide bonds. The Morgan fingerprint density at radius 3 is 2.78 bits per heavy atom. The number of hydrogen-bond acceptors (Lipinski definition) is 5. The fourth-order valence-electron chi connectivity index (χ4n) is 2.02. The molecule has 18 heavy (non-hydrogen) atoms. The lowest BCUT2D eigenvalue weighted by molar-refractivity contribution is -0.117. The molecule has 0 aromatic carbocycles. The summed E-state index contributed by atoms with van der Waals surface area (Å²) in [6.45, 7) is 0.494. The summed E-state index contributed by atoms with van der Waals surface area (Å²) in [5.41, 5.74) is 0.610. The highest BCUT2D eigenvalue weighted by atomic mass is 16.5. The summed E-state index contributed by atoms with van der Waals surface area (Å²) < 4.78 is 10.2. The molecule has 1 aromatic rings. The third-order valence-corrected chi connectivity index (χ3v) is 2.97. The Labute approximate surface area is 105 Å². The van der Waals surface area contributed by atoms with Crippen molar-refractivity contribution >= 4 is 11.6 Å². The first-order chi connectivity index (χ1) is 8.69. The lowest BCUT2D eigenvalue weighted by atomic mass is 10.1. The molecule has 1 aliphatic rings. The number of hydrogen-bond donors (Lipinski definition) is 1. The zero-order chi connectivity index (χ0) is 13.1. The van der Waals surface area contributed by atoms with Gasteiger partial charge >= 0.3 is 0 Å². The summed E-state index contributed by atoms with van der Waals surface area (Å²) in [4.78, 5) is 17.6. The number of nitrogens with zero attached hydrogens (tertiary/aromatic N) is 2. The van der Waals surface area contributed by atoms with Crippen LogP contribution >= 0.6 is 0 Å². The average Bonchev–Trinajstić information content (AvgIpc) is 2.79. The summed E-state index contributed by atoms with van der Waals surface area (Å²) >= 11 is 0. The fourth-order valence-corrected chi connectivity index (χ4v) is 2.02. The SMILES string of the molecule is COc1ccc(N2CC(CO)CC2=O)c(OC)n1. The van der Waals surface area contributed by atoms with E-state index < -0.39 is 0 Å². The van der Waals surface area contributed by atoms with Gasteiger partial charge in [0.05, 0.1) is 14.2 Å². The molecule has 6 nitrogen and oxygen atoms in total. The van der Waals surface area contributed by atoms with Crippen LogP contribution in [0.15, 0.2) is 12.1 Å². The third-order valence-electron chi connectivity index (χ3n) is 2.97. The van der Waals surface area contributed by atoms with Crippen molar-refractivity contribution in [1.82, 2.24) is 4.98 Å². The molecule has 1 aliphatic heterocycles. The van der Waals surface area contributed by atoms with Gasteiger partial charge < -0.3 is 19.5 Å². The second kappa shape index (κ2) is 5.22. The van der Waals surface area contributed by atoms with Crippen LogP contribution in [0.4, 0.5) is 5.69 Å². The van der Waals surface area contributed by atoms with Crippen molar-refractivity contribution in [2.75, 3.05) is 32.3 Å². The van der Waals surface area contributed by atoms with Crippen LogP contribution in [0.2, 0.25) is 0 Å². The van der Waals surface area contributed by atoms with Gasteiger partial charge in [-0.1, -0.05) is 0 Å². The van der Waals surface area contributed by atoms with Crippen LogP contribution in [0, 0.1) is 5.92 Å². The first-order valence-electron chi connectivity index (χ1n) is 5.69. The van der Waals surface area contributed by atoms with Crippen molar-refractivity contribution in [3.8, 4) is 11.8 Å². The van der Waals surface area contributed by atoms with Gasteiger partial charge in [-0.05, 0) is 6.07 Å². The van der Waals surface area contributed by atoms with Crippen LogP contribution in [0.1, 0.15) is 6.42 Å². The zero-order valence-corrected chi connectivity index (χ0v) is 10.4. The number of methoxy groups -OCH3 is 2. The number of carbonyl (C=O) groups is 1. The van der Waals surface area contributed by atoms with Gasteiger partial charge in [-0.3, -0.25) is 4.79 Å². The van der Waals surface area contributed by atoms with Gasteiger partial charge in [-0.15, -0.1) is 0 Å². The number of anilines is 1. The van der Waals surface area contributed by atoms with Gasteiger partial charge in [0, 0.05) is 31.6 Å². The van der Waals surface area contributed by atoms with Crippen LogP contribution < -0.4 is 14.4 Å². The monoisotopic (exact) mass is 252 g/mol. The van der Waals surface area contributed by atoms with Crippen LogP contribution in [0.25, 0.3) is 0 Å². The second-order valence-electron chi connectivity index (χ2n) is 4.14. The van der Waals surface area contributed by atoms with Crippen molar-refractivity contribution in [2.24, 2.45) is 5.92 Å². The van der Waals surface area contributed by atoms with E-state index in [4.69, 9.17) is 14.6 Å². The highest BCUT2D eigenvalue weighted by Gasteiger charge is 2.32. The van der Waals surface area contributed by atoms with E-state index in [9.17, 15) is 4.79 Å². The van der Waals surface area contributed by atoms with Crippen LogP contribution in [0.5, 0.6) is 11.8 Å². The van der Waals surface area contributed by atoms with E-state index in [2.05, 4.69) is 4.98 Å². The molecule has 1 unspecified atom stereocenters. The number of amides is 1. The van der Waals surface area contributed by atoms with E-state index >= 15 is 0 Å². The molecule has 98 valence electrons. The number of aromatic nitrogens is 1. The molecule has 0 bridgehead atoms. The number of rotatable bonds is 4. The molecule has 0 aliphatic carbocycles. The number of aliphatic hydroxyl groups is 1. The Hall–Kier alpha value is -1.82. The number of aliphatic hydroxyl groups excluding tert-OH is 1. The zero-order valence-electron chi connectivity index (χ0n) is 10.4. The van der Waals surface area contributed by atoms with Crippen molar-refractivity contribution < 1.29 is 19.4 Å². The van der Waals surface area contributed by atoms with E-state index in [0.717, 1.165) is 0 Å². The summed E-state index contributed by atoms with van der Waals surface area (Å²) in [6.07, 6.45) is 0.353. The van der Waals surface area contributed by atoms with Crippen molar-refractivity contribution in [3.63, 3.8) is 0 Å². The highest BCUT2D eigenvalue weighted by Crippen LogP contribution is 2.32. The second-order valence-corrected chi connectivity index (χ2v) is 4.14. The predicted molar refractivity (Wildman–Crippen MR) is 64.9 cm³/mol. The standard InChI is InChI=1S/C12H16N2O4/c1-17-10-4-3-9(12(13-10)18-2)14-6-8(7-15)5-11(14)16/h3-4,8,15H,5-7H2,1-2H3. The Morgan fingerprint density at radius 2 is 2.22 bits per heavy atom. The van der Waals surface area contributed by atoms with Crippen LogP contribution in [-0.2, 0) is 4.79 Å². The van der Waals surface area contributed by atoms with Crippen molar-refractivity contribution in [1.29, 1.82) is 0 Å². The molecule has 1 saturated heterocycles. The lowest BCUT2D eigenvalue weighted by Crippen LogP contribution is -2.25. The Morgan fingerprint density at radius 1 is 1.44 bits per heavy atom. The van der Waals surface area contributed by atoms with Gasteiger partial charge in [-0.2, -0.15) is 4.98 Å². The number of carbonyl (C=O) groups excluding carboxylic acids is 1. The summed E-state index contributed by atoms with van der Waals surface area (Å²) in [5, 5.41) is 9.11. The molecule has 0 saturated carbocycles. The minimum absolute atomic E-state index is 0.00807. The summed E-state index contributed by atoms with van der Waals surface area (Å²) in [5.74, 6) is 0.728. The van der Waals surface area contributed by atoms with Crippen LogP contribution in [-0.4, -0.2) is 43.4 Å². The quantitative estimate of drug-likeness (QED) is 0.842. The molecule has 6 heteroatoms. The smallest absolute Gasteiger partial charge is 0.241 e. The highest BCUT2D eigenvalue weighted by molar-refractivity contribution is 5.96. The maximum atomic E-state index is 11.9. The number of ether oxygens (including phenoxy) is 2. The average molecular weight is 252 g/mol. The van der Waals surface area contributed by atoms with Crippen LogP contribution in [0.3, 0.4) is 0 Å². The maximum Gasteiger partial charge on any atom is 0.241 e. The molecule has 1 atom stereocenters. The largest absolute Gasteiger partial charge is 0.481 e. The normalized spacial score (nSPS) is 19.2. The van der Waals surface area contributed by atoms with E-state index in [1.54, 1.807) is 17.0 Å². The minimum atomic E-state index is -0.0284. The van der Waals surface area contributed by atoms with Crippen molar-refractivity contribution in [3.05, 3.63) is 12.1 Å². The Balaban J connectivity index is 2.30. The van der Waals surface area contributed by atoms with Gasteiger partial charge in [-0.25, -0.2) is 0 Å². The van der Waals surface area contributed by atoms with Crippen molar-refractivity contribution in [2.45, 2.75) is 6.42 Å². The molecule has 2 rings (SSSR count). The molecule has 0 radical (unpaired) electrons. The van der Waals surface area contributed by atoms with E-state index in [0.29, 0.717) is 30.4 Å². The molecule has 1 aromatic heterocycles. The molecule has 1 fully saturated rings. The van der Waals surface area contributed by atoms with Gasteiger partial charge in [0.25, 0.3) is 0 Å². The molecule has 1 N–H and O–H groups in total. The molecular weight excluding hydrogens is 236 g/mol. The van der Waals surface area contributed by atoms with E-state index in [-0.39, 0.29) is 18.4 Å². The maximum absolute atomic E-state index is 11.9. The lowest BCUT2D eigenvalue weighted by Gasteiger charge is -2.18. The Kier molecular flexibility index (Phi) is 3.66. The predicted octanol–water partition coefficient (Wildman–Crippen LogP) is 0.444. The van der Waals surface area contributed by atoms with E-state index in [1.807, 2.05) is 0 Å². The minimum Gasteiger partial charge on any atom is -0.481 e. The van der Waals surface area contributed by atoms with Gasteiger partial charge in [0.2, 0.25) is 17.7 Å². The summed E-state index contributed by atoms with van der Waals surface area (Å²) in [7, 11) is 3.01. The first-order valence-corrected chi connectivity index (χ1v) is 5.69.